The molecule has 2 heterocycles. The summed E-state index contributed by atoms with van der Waals surface area (Å²) in [6.45, 7) is 4.24. The maximum Gasteiger partial charge on any atom is 0.226 e. The second-order valence-corrected chi connectivity index (χ2v) is 7.33. The van der Waals surface area contributed by atoms with Crippen LogP contribution in [-0.2, 0) is 19.1 Å². The number of hydrogen-bond donors (Lipinski definition) is 1. The van der Waals surface area contributed by atoms with Gasteiger partial charge in [0.2, 0.25) is 11.8 Å². The van der Waals surface area contributed by atoms with Crippen molar-refractivity contribution in [2.75, 3.05) is 53.5 Å². The first-order valence-electron chi connectivity index (χ1n) is 9.00. The lowest BCUT2D eigenvalue weighted by atomic mass is 10.0. The summed E-state index contributed by atoms with van der Waals surface area (Å²) in [4.78, 5) is 28.6. The number of nitrogens with zero attached hydrogens (tertiary/aromatic N) is 2. The molecule has 3 fully saturated rings. The van der Waals surface area contributed by atoms with E-state index in [0.29, 0.717) is 39.3 Å². The molecule has 3 rings (SSSR count). The molecule has 7 heteroatoms. The van der Waals surface area contributed by atoms with Crippen LogP contribution in [0.15, 0.2) is 0 Å². The lowest BCUT2D eigenvalue weighted by Gasteiger charge is -2.37. The van der Waals surface area contributed by atoms with Crippen LogP contribution in [0.1, 0.15) is 25.7 Å². The van der Waals surface area contributed by atoms with Crippen LogP contribution < -0.4 is 5.32 Å². The topological polar surface area (TPSA) is 71.1 Å². The van der Waals surface area contributed by atoms with Gasteiger partial charge in [-0.25, -0.2) is 0 Å². The second-order valence-electron chi connectivity index (χ2n) is 7.33. The molecule has 0 aromatic heterocycles. The Morgan fingerprint density at radius 1 is 1.17 bits per heavy atom. The van der Waals surface area contributed by atoms with Crippen LogP contribution in [0.25, 0.3) is 0 Å². The molecule has 24 heavy (non-hydrogen) atoms. The number of nitrogens with one attached hydrogen (secondary N) is 1. The van der Waals surface area contributed by atoms with E-state index in [9.17, 15) is 9.59 Å². The average Bonchev–Trinajstić information content (AvgIpc) is 3.25. The third kappa shape index (κ3) is 4.07. The van der Waals surface area contributed by atoms with Crippen LogP contribution in [-0.4, -0.2) is 80.9 Å². The summed E-state index contributed by atoms with van der Waals surface area (Å²) in [6.07, 6.45) is 3.07. The number of ether oxygens (including phenoxy) is 2. The van der Waals surface area contributed by atoms with Crippen molar-refractivity contribution in [1.29, 1.82) is 0 Å². The maximum atomic E-state index is 12.6. The molecule has 1 saturated carbocycles. The van der Waals surface area contributed by atoms with E-state index in [1.807, 2.05) is 19.0 Å². The Bertz CT molecular complexity index is 466. The van der Waals surface area contributed by atoms with Gasteiger partial charge >= 0.3 is 0 Å². The third-order valence-corrected chi connectivity index (χ3v) is 5.18. The number of carbonyl (C=O) groups excluding carboxylic acids is 2. The van der Waals surface area contributed by atoms with Gasteiger partial charge in [0, 0.05) is 32.5 Å². The highest BCUT2D eigenvalue weighted by Crippen LogP contribution is 2.41. The lowest BCUT2D eigenvalue weighted by molar-refractivity contribution is -0.187. The van der Waals surface area contributed by atoms with E-state index in [-0.39, 0.29) is 23.7 Å². The van der Waals surface area contributed by atoms with Gasteiger partial charge in [0.1, 0.15) is 0 Å². The molecule has 7 nitrogen and oxygen atoms in total. The molecule has 2 unspecified atom stereocenters. The first kappa shape index (κ1) is 17.6. The molecule has 0 radical (unpaired) electrons. The summed E-state index contributed by atoms with van der Waals surface area (Å²) in [5.74, 6) is -0.562. The average molecular weight is 339 g/mol. The number of likely N-dealkylation sites (tertiary alicyclic amines) is 1. The molecule has 3 aliphatic rings. The summed E-state index contributed by atoms with van der Waals surface area (Å²) in [7, 11) is 4.03. The van der Waals surface area contributed by atoms with E-state index in [1.165, 1.54) is 0 Å². The standard InChI is InChI=1S/C17H29N3O4/c1-19(2)7-3-6-18-15(21)13-12-14(13)16(22)20-8-4-17(5-9-20)23-10-11-24-17/h13-14H,3-12H2,1-2H3,(H,18,21). The molecule has 0 aromatic rings. The van der Waals surface area contributed by atoms with Crippen molar-refractivity contribution < 1.29 is 19.1 Å². The Kier molecular flexibility index (Phi) is 5.42. The van der Waals surface area contributed by atoms with Crippen molar-refractivity contribution >= 4 is 11.8 Å². The summed E-state index contributed by atoms with van der Waals surface area (Å²) in [6, 6.07) is 0. The minimum absolute atomic E-state index is 0.0306. The van der Waals surface area contributed by atoms with Crippen LogP contribution >= 0.6 is 0 Å². The zero-order valence-electron chi connectivity index (χ0n) is 14.8. The number of rotatable bonds is 6. The van der Waals surface area contributed by atoms with Crippen LogP contribution in [0.2, 0.25) is 0 Å². The van der Waals surface area contributed by atoms with Gasteiger partial charge in [0.15, 0.2) is 5.79 Å². The highest BCUT2D eigenvalue weighted by Gasteiger charge is 2.51. The number of piperidine rings is 1. The van der Waals surface area contributed by atoms with Gasteiger partial charge in [0.05, 0.1) is 25.0 Å². The maximum absolute atomic E-state index is 12.6. The summed E-state index contributed by atoms with van der Waals surface area (Å²) < 4.78 is 11.4. The third-order valence-electron chi connectivity index (χ3n) is 5.18. The van der Waals surface area contributed by atoms with Gasteiger partial charge in [-0.15, -0.1) is 0 Å². The monoisotopic (exact) mass is 339 g/mol. The van der Waals surface area contributed by atoms with Crippen molar-refractivity contribution in [2.45, 2.75) is 31.5 Å². The van der Waals surface area contributed by atoms with Crippen LogP contribution in [0.4, 0.5) is 0 Å². The van der Waals surface area contributed by atoms with E-state index in [1.54, 1.807) is 0 Å². The van der Waals surface area contributed by atoms with E-state index in [2.05, 4.69) is 10.2 Å². The van der Waals surface area contributed by atoms with Gasteiger partial charge < -0.3 is 24.6 Å². The Hall–Kier alpha value is -1.18. The van der Waals surface area contributed by atoms with E-state index in [4.69, 9.17) is 9.47 Å². The zero-order valence-corrected chi connectivity index (χ0v) is 14.8. The molecule has 136 valence electrons. The summed E-state index contributed by atoms with van der Waals surface area (Å²) in [5, 5.41) is 2.95. The normalized spacial score (nSPS) is 28.4. The fraction of sp³-hybridized carbons (Fsp3) is 0.882. The molecule has 0 aromatic carbocycles. The first-order valence-corrected chi connectivity index (χ1v) is 9.00. The van der Waals surface area contributed by atoms with Gasteiger partial charge in [0.25, 0.3) is 0 Å². The summed E-state index contributed by atoms with van der Waals surface area (Å²) >= 11 is 0. The Morgan fingerprint density at radius 2 is 1.83 bits per heavy atom. The van der Waals surface area contributed by atoms with Crippen molar-refractivity contribution in [2.24, 2.45) is 11.8 Å². The Labute approximate surface area is 143 Å². The summed E-state index contributed by atoms with van der Waals surface area (Å²) in [5.41, 5.74) is 0. The fourth-order valence-corrected chi connectivity index (χ4v) is 3.58. The number of amides is 2. The molecule has 1 spiro atoms. The minimum Gasteiger partial charge on any atom is -0.356 e. The van der Waals surface area contributed by atoms with Crippen molar-refractivity contribution in [3.05, 3.63) is 0 Å². The quantitative estimate of drug-likeness (QED) is 0.693. The smallest absolute Gasteiger partial charge is 0.226 e. The van der Waals surface area contributed by atoms with Crippen LogP contribution in [0.3, 0.4) is 0 Å². The zero-order chi connectivity index (χ0) is 17.2. The van der Waals surface area contributed by atoms with E-state index < -0.39 is 5.79 Å². The molecular formula is C17H29N3O4. The lowest BCUT2D eigenvalue weighted by Crippen LogP contribution is -2.48. The molecule has 1 N–H and O–H groups in total. The highest BCUT2D eigenvalue weighted by molar-refractivity contribution is 5.92. The Balaban J connectivity index is 1.37. The minimum atomic E-state index is -0.455. The SMILES string of the molecule is CN(C)CCCNC(=O)C1CC1C(=O)N1CCC2(CC1)OCCO2. The van der Waals surface area contributed by atoms with Crippen LogP contribution in [0.5, 0.6) is 0 Å². The molecular weight excluding hydrogens is 310 g/mol. The van der Waals surface area contributed by atoms with Crippen LogP contribution in [0, 0.1) is 11.8 Å². The second kappa shape index (κ2) is 7.37. The molecule has 2 atom stereocenters. The molecule has 2 aliphatic heterocycles. The predicted molar refractivity (Wildman–Crippen MR) is 88.2 cm³/mol. The van der Waals surface area contributed by atoms with Crippen molar-refractivity contribution in [3.63, 3.8) is 0 Å². The molecule has 2 amide bonds. The van der Waals surface area contributed by atoms with Gasteiger partial charge in [-0.1, -0.05) is 0 Å². The molecule has 2 saturated heterocycles. The largest absolute Gasteiger partial charge is 0.356 e. The fourth-order valence-electron chi connectivity index (χ4n) is 3.58. The first-order chi connectivity index (χ1) is 11.5. The Morgan fingerprint density at radius 3 is 2.46 bits per heavy atom. The van der Waals surface area contributed by atoms with Crippen molar-refractivity contribution in [1.82, 2.24) is 15.1 Å². The van der Waals surface area contributed by atoms with Gasteiger partial charge in [-0.05, 0) is 33.5 Å². The van der Waals surface area contributed by atoms with E-state index in [0.717, 1.165) is 25.8 Å². The molecule has 1 aliphatic carbocycles. The highest BCUT2D eigenvalue weighted by atomic mass is 16.7. The number of carbonyl (C=O) groups is 2. The van der Waals surface area contributed by atoms with E-state index >= 15 is 0 Å². The van der Waals surface area contributed by atoms with Gasteiger partial charge in [-0.2, -0.15) is 0 Å². The molecule has 0 bridgehead atoms. The van der Waals surface area contributed by atoms with Crippen molar-refractivity contribution in [3.8, 4) is 0 Å². The predicted octanol–water partition coefficient (Wildman–Crippen LogP) is 0.0559. The number of hydrogen-bond acceptors (Lipinski definition) is 5. The van der Waals surface area contributed by atoms with Gasteiger partial charge in [-0.3, -0.25) is 9.59 Å².